The van der Waals surface area contributed by atoms with Crippen LogP contribution in [0.15, 0.2) is 58.3 Å². The Balaban J connectivity index is 2.18. The maximum atomic E-state index is 12.1. The van der Waals surface area contributed by atoms with Gasteiger partial charge in [-0.25, -0.2) is 16.8 Å². The average molecular weight is 412 g/mol. The van der Waals surface area contributed by atoms with Crippen LogP contribution >= 0.6 is 0 Å². The van der Waals surface area contributed by atoms with Crippen molar-refractivity contribution in [2.24, 2.45) is 5.73 Å². The number of carbonyl (C=O) groups is 1. The zero-order valence-electron chi connectivity index (χ0n) is 15.0. The van der Waals surface area contributed by atoms with Crippen molar-refractivity contribution in [3.05, 3.63) is 59.7 Å². The first-order valence-corrected chi connectivity index (χ1v) is 11.8. The van der Waals surface area contributed by atoms with Crippen molar-refractivity contribution >= 4 is 25.6 Å². The highest BCUT2D eigenvalue weighted by molar-refractivity contribution is 7.91. The minimum atomic E-state index is -3.63. The molecule has 2 aromatic rings. The second-order valence-electron chi connectivity index (χ2n) is 6.26. The first-order valence-electron chi connectivity index (χ1n) is 7.97. The van der Waals surface area contributed by atoms with E-state index in [4.69, 9.17) is 10.5 Å². The lowest BCUT2D eigenvalue weighted by Crippen LogP contribution is -2.34. The molecule has 7 nitrogen and oxygen atoms in total. The molecular weight excluding hydrogens is 390 g/mol. The summed E-state index contributed by atoms with van der Waals surface area (Å²) in [6, 6.07) is 11.7. The number of benzene rings is 2. The van der Waals surface area contributed by atoms with Gasteiger partial charge in [0.2, 0.25) is 0 Å². The van der Waals surface area contributed by atoms with E-state index in [1.54, 1.807) is 12.1 Å². The molecule has 0 bridgehead atoms. The van der Waals surface area contributed by atoms with Gasteiger partial charge in [-0.3, -0.25) is 4.79 Å². The standard InChI is InChI=1S/C18H21NO6S2/c1-26(21,22)15-8-14(9-16(11-15)27(2,23)24)10-17(19)18(20)25-12-13-6-4-3-5-7-13/h3-9,11,17H,10,12,19H2,1-2H3. The molecule has 0 aliphatic carbocycles. The zero-order chi connectivity index (χ0) is 20.2. The van der Waals surface area contributed by atoms with Gasteiger partial charge in [-0.1, -0.05) is 30.3 Å². The lowest BCUT2D eigenvalue weighted by atomic mass is 10.1. The van der Waals surface area contributed by atoms with Gasteiger partial charge in [0.15, 0.2) is 19.7 Å². The summed E-state index contributed by atoms with van der Waals surface area (Å²) in [7, 11) is -7.26. The van der Waals surface area contributed by atoms with Crippen LogP contribution < -0.4 is 5.73 Å². The van der Waals surface area contributed by atoms with Gasteiger partial charge in [-0.05, 0) is 35.7 Å². The summed E-state index contributed by atoms with van der Waals surface area (Å²) in [6.07, 6.45) is 1.90. The number of nitrogens with two attached hydrogens (primary N) is 1. The molecule has 0 fully saturated rings. The molecule has 0 heterocycles. The van der Waals surface area contributed by atoms with Crippen molar-refractivity contribution < 1.29 is 26.4 Å². The summed E-state index contributed by atoms with van der Waals surface area (Å²) in [5.41, 5.74) is 6.98. The minimum Gasteiger partial charge on any atom is -0.460 e. The Morgan fingerprint density at radius 3 is 1.93 bits per heavy atom. The van der Waals surface area contributed by atoms with Crippen LogP contribution in [0.3, 0.4) is 0 Å². The maximum Gasteiger partial charge on any atom is 0.323 e. The van der Waals surface area contributed by atoms with E-state index in [9.17, 15) is 21.6 Å². The molecule has 0 spiro atoms. The fourth-order valence-electron chi connectivity index (χ4n) is 2.35. The second-order valence-corrected chi connectivity index (χ2v) is 10.3. The highest BCUT2D eigenvalue weighted by Crippen LogP contribution is 2.20. The second kappa shape index (κ2) is 8.20. The monoisotopic (exact) mass is 411 g/mol. The number of hydrogen-bond donors (Lipinski definition) is 1. The zero-order valence-corrected chi connectivity index (χ0v) is 16.6. The van der Waals surface area contributed by atoms with Crippen molar-refractivity contribution in [2.45, 2.75) is 28.9 Å². The van der Waals surface area contributed by atoms with Gasteiger partial charge in [0.25, 0.3) is 0 Å². The van der Waals surface area contributed by atoms with Crippen molar-refractivity contribution in [1.29, 1.82) is 0 Å². The summed E-state index contributed by atoms with van der Waals surface area (Å²) in [5, 5.41) is 0. The van der Waals surface area contributed by atoms with E-state index in [-0.39, 0.29) is 22.8 Å². The van der Waals surface area contributed by atoms with Gasteiger partial charge >= 0.3 is 5.97 Å². The van der Waals surface area contributed by atoms with Crippen LogP contribution in [-0.2, 0) is 42.2 Å². The van der Waals surface area contributed by atoms with Crippen LogP contribution in [-0.4, -0.2) is 41.4 Å². The highest BCUT2D eigenvalue weighted by atomic mass is 32.2. The van der Waals surface area contributed by atoms with Gasteiger partial charge < -0.3 is 10.5 Å². The molecule has 1 atom stereocenters. The maximum absolute atomic E-state index is 12.1. The number of rotatable bonds is 7. The van der Waals surface area contributed by atoms with Crippen LogP contribution in [0.2, 0.25) is 0 Å². The first kappa shape index (κ1) is 21.1. The molecule has 2 aromatic carbocycles. The van der Waals surface area contributed by atoms with E-state index in [0.29, 0.717) is 5.56 Å². The Kier molecular flexibility index (Phi) is 6.40. The molecule has 0 radical (unpaired) electrons. The SMILES string of the molecule is CS(=O)(=O)c1cc(CC(N)C(=O)OCc2ccccc2)cc(S(C)(=O)=O)c1. The summed E-state index contributed by atoms with van der Waals surface area (Å²) in [6.45, 7) is 0.0609. The lowest BCUT2D eigenvalue weighted by Gasteiger charge is -2.13. The largest absolute Gasteiger partial charge is 0.460 e. The fourth-order valence-corrected chi connectivity index (χ4v) is 3.84. The topological polar surface area (TPSA) is 121 Å². The Labute approximate surface area is 159 Å². The van der Waals surface area contributed by atoms with E-state index in [2.05, 4.69) is 0 Å². The molecule has 9 heteroatoms. The predicted octanol–water partition coefficient (Wildman–Crippen LogP) is 1.11. The molecule has 1 unspecified atom stereocenters. The van der Waals surface area contributed by atoms with E-state index in [1.807, 2.05) is 18.2 Å². The molecule has 2 rings (SSSR count). The van der Waals surface area contributed by atoms with Gasteiger partial charge in [0.1, 0.15) is 12.6 Å². The molecular formula is C18H21NO6S2. The van der Waals surface area contributed by atoms with Crippen LogP contribution in [0.1, 0.15) is 11.1 Å². The number of sulfone groups is 2. The highest BCUT2D eigenvalue weighted by Gasteiger charge is 2.20. The fraction of sp³-hybridized carbons (Fsp3) is 0.278. The Morgan fingerprint density at radius 2 is 1.44 bits per heavy atom. The van der Waals surface area contributed by atoms with Crippen LogP contribution in [0, 0.1) is 0 Å². The van der Waals surface area contributed by atoms with Crippen molar-refractivity contribution in [3.63, 3.8) is 0 Å². The number of carbonyl (C=O) groups excluding carboxylic acids is 1. The van der Waals surface area contributed by atoms with Crippen LogP contribution in [0.25, 0.3) is 0 Å². The Morgan fingerprint density at radius 1 is 0.926 bits per heavy atom. The predicted molar refractivity (Wildman–Crippen MR) is 101 cm³/mol. The lowest BCUT2D eigenvalue weighted by molar-refractivity contribution is -0.146. The first-order chi connectivity index (χ1) is 12.5. The molecule has 0 saturated heterocycles. The van der Waals surface area contributed by atoms with Gasteiger partial charge in [0, 0.05) is 12.5 Å². The molecule has 2 N–H and O–H groups in total. The summed E-state index contributed by atoms with van der Waals surface area (Å²) >= 11 is 0. The van der Waals surface area contributed by atoms with E-state index < -0.39 is 31.7 Å². The molecule has 146 valence electrons. The van der Waals surface area contributed by atoms with E-state index >= 15 is 0 Å². The summed E-state index contributed by atoms with van der Waals surface area (Å²) in [5.74, 6) is -0.662. The number of ether oxygens (including phenoxy) is 1. The third-order valence-electron chi connectivity index (χ3n) is 3.78. The quantitative estimate of drug-likeness (QED) is 0.677. The average Bonchev–Trinajstić information content (AvgIpc) is 2.58. The third-order valence-corrected chi connectivity index (χ3v) is 5.96. The number of esters is 1. The number of hydrogen-bond acceptors (Lipinski definition) is 7. The smallest absolute Gasteiger partial charge is 0.323 e. The van der Waals surface area contributed by atoms with E-state index in [0.717, 1.165) is 24.1 Å². The molecule has 0 aliphatic heterocycles. The summed E-state index contributed by atoms with van der Waals surface area (Å²) in [4.78, 5) is 11.8. The van der Waals surface area contributed by atoms with E-state index in [1.165, 1.54) is 12.1 Å². The van der Waals surface area contributed by atoms with Crippen molar-refractivity contribution in [2.75, 3.05) is 12.5 Å². The molecule has 0 amide bonds. The van der Waals surface area contributed by atoms with Gasteiger partial charge in [-0.2, -0.15) is 0 Å². The normalized spacial score (nSPS) is 13.1. The molecule has 0 aromatic heterocycles. The summed E-state index contributed by atoms with van der Waals surface area (Å²) < 4.78 is 52.5. The molecule has 0 saturated carbocycles. The van der Waals surface area contributed by atoms with Gasteiger partial charge in [0.05, 0.1) is 9.79 Å². The molecule has 0 aliphatic rings. The van der Waals surface area contributed by atoms with Crippen LogP contribution in [0.5, 0.6) is 0 Å². The Hall–Kier alpha value is -2.23. The third kappa shape index (κ3) is 6.16. The Bertz CT molecular complexity index is 981. The van der Waals surface area contributed by atoms with Crippen LogP contribution in [0.4, 0.5) is 0 Å². The van der Waals surface area contributed by atoms with Gasteiger partial charge in [-0.15, -0.1) is 0 Å². The van der Waals surface area contributed by atoms with Crippen molar-refractivity contribution in [3.8, 4) is 0 Å². The minimum absolute atomic E-state index is 0.0560. The van der Waals surface area contributed by atoms with Crippen molar-refractivity contribution in [1.82, 2.24) is 0 Å². The molecule has 27 heavy (non-hydrogen) atoms.